The fourth-order valence-corrected chi connectivity index (χ4v) is 3.82. The summed E-state index contributed by atoms with van der Waals surface area (Å²) in [6, 6.07) is 12.2. The third-order valence-electron chi connectivity index (χ3n) is 5.08. The van der Waals surface area contributed by atoms with E-state index < -0.39 is 0 Å². The molecule has 1 fully saturated rings. The number of hydrogen-bond donors (Lipinski definition) is 1. The molecular formula is C20H20N4O2. The van der Waals surface area contributed by atoms with Gasteiger partial charge in [-0.05, 0) is 50.1 Å². The zero-order valence-corrected chi connectivity index (χ0v) is 14.6. The van der Waals surface area contributed by atoms with E-state index >= 15 is 0 Å². The zero-order chi connectivity index (χ0) is 17.7. The van der Waals surface area contributed by atoms with Crippen molar-refractivity contribution in [1.82, 2.24) is 14.5 Å². The Balaban J connectivity index is 1.59. The number of anilines is 1. The first-order valence-electron chi connectivity index (χ1n) is 8.92. The normalized spacial score (nSPS) is 15.9. The number of nitrogen functional groups attached to an aromatic ring is 1. The minimum Gasteiger partial charge on any atom is -0.436 e. The minimum atomic E-state index is 0.451. The van der Waals surface area contributed by atoms with Gasteiger partial charge < -0.3 is 19.5 Å². The predicted octanol–water partition coefficient (Wildman–Crippen LogP) is 4.09. The standard InChI is InChI=1S/C20H20N4O2/c1-12-22-17-10-13(20-23-16-4-3-14(21)11-19(16)26-20)2-5-18(17)24(12)15-6-8-25-9-7-15/h2-5,10-11,15H,6-9,21H2,1H3. The van der Waals surface area contributed by atoms with Gasteiger partial charge in [0.2, 0.25) is 5.89 Å². The molecule has 26 heavy (non-hydrogen) atoms. The number of imidazole rings is 1. The molecule has 132 valence electrons. The number of hydrogen-bond acceptors (Lipinski definition) is 5. The molecule has 1 aliphatic rings. The molecule has 2 aromatic heterocycles. The molecule has 0 unspecified atom stereocenters. The van der Waals surface area contributed by atoms with Gasteiger partial charge in [0.1, 0.15) is 11.3 Å². The van der Waals surface area contributed by atoms with Crippen molar-refractivity contribution in [2.45, 2.75) is 25.8 Å². The summed E-state index contributed by atoms with van der Waals surface area (Å²) in [7, 11) is 0. The van der Waals surface area contributed by atoms with Crippen molar-refractivity contribution in [3.63, 3.8) is 0 Å². The van der Waals surface area contributed by atoms with Gasteiger partial charge in [-0.3, -0.25) is 0 Å². The summed E-state index contributed by atoms with van der Waals surface area (Å²) in [6.07, 6.45) is 2.06. The van der Waals surface area contributed by atoms with Crippen LogP contribution in [0.4, 0.5) is 5.69 Å². The van der Waals surface area contributed by atoms with Crippen LogP contribution in [0.15, 0.2) is 40.8 Å². The van der Waals surface area contributed by atoms with Crippen LogP contribution in [0.1, 0.15) is 24.7 Å². The van der Waals surface area contributed by atoms with Crippen LogP contribution >= 0.6 is 0 Å². The average molecular weight is 348 g/mol. The second kappa shape index (κ2) is 5.85. The lowest BCUT2D eigenvalue weighted by Crippen LogP contribution is -2.20. The number of oxazole rings is 1. The molecule has 0 radical (unpaired) electrons. The molecule has 0 saturated carbocycles. The van der Waals surface area contributed by atoms with E-state index in [1.54, 1.807) is 6.07 Å². The molecule has 1 aliphatic heterocycles. The van der Waals surface area contributed by atoms with Gasteiger partial charge >= 0.3 is 0 Å². The Labute approximate surface area is 150 Å². The molecule has 3 heterocycles. The van der Waals surface area contributed by atoms with Gasteiger partial charge in [0, 0.05) is 36.6 Å². The smallest absolute Gasteiger partial charge is 0.227 e. The molecule has 4 aromatic rings. The summed E-state index contributed by atoms with van der Waals surface area (Å²) < 4.78 is 13.7. The van der Waals surface area contributed by atoms with E-state index in [0.717, 1.165) is 54.0 Å². The molecule has 6 nitrogen and oxygen atoms in total. The fourth-order valence-electron chi connectivity index (χ4n) is 3.82. The van der Waals surface area contributed by atoms with Crippen LogP contribution in [0.3, 0.4) is 0 Å². The second-order valence-corrected chi connectivity index (χ2v) is 6.82. The SMILES string of the molecule is Cc1nc2cc(-c3nc4ccc(N)cc4o3)ccc2n1C1CCOCC1. The maximum Gasteiger partial charge on any atom is 0.227 e. The molecule has 1 saturated heterocycles. The highest BCUT2D eigenvalue weighted by Gasteiger charge is 2.20. The van der Waals surface area contributed by atoms with E-state index in [-0.39, 0.29) is 0 Å². The summed E-state index contributed by atoms with van der Waals surface area (Å²) in [5.74, 6) is 1.63. The summed E-state index contributed by atoms with van der Waals surface area (Å²) in [5, 5.41) is 0. The summed E-state index contributed by atoms with van der Waals surface area (Å²) in [6.45, 7) is 3.69. The number of rotatable bonds is 2. The monoisotopic (exact) mass is 348 g/mol. The maximum absolute atomic E-state index is 5.89. The summed E-state index contributed by atoms with van der Waals surface area (Å²) in [5.41, 5.74) is 11.0. The van der Waals surface area contributed by atoms with Crippen LogP contribution in [0.25, 0.3) is 33.6 Å². The van der Waals surface area contributed by atoms with Crippen LogP contribution in [0.2, 0.25) is 0 Å². The molecule has 5 rings (SSSR count). The van der Waals surface area contributed by atoms with Crippen LogP contribution in [0.5, 0.6) is 0 Å². The number of nitrogens with two attached hydrogens (primary N) is 1. The van der Waals surface area contributed by atoms with Crippen LogP contribution in [-0.4, -0.2) is 27.7 Å². The Hall–Kier alpha value is -2.86. The average Bonchev–Trinajstić information content (AvgIpc) is 3.21. The van der Waals surface area contributed by atoms with Crippen molar-refractivity contribution < 1.29 is 9.15 Å². The largest absolute Gasteiger partial charge is 0.436 e. The van der Waals surface area contributed by atoms with E-state index in [4.69, 9.17) is 19.9 Å². The number of ether oxygens (including phenoxy) is 1. The van der Waals surface area contributed by atoms with Crippen molar-refractivity contribution in [2.75, 3.05) is 18.9 Å². The number of aryl methyl sites for hydroxylation is 1. The maximum atomic E-state index is 5.89. The summed E-state index contributed by atoms with van der Waals surface area (Å²) >= 11 is 0. The minimum absolute atomic E-state index is 0.451. The molecule has 0 spiro atoms. The highest BCUT2D eigenvalue weighted by Crippen LogP contribution is 2.31. The number of aromatic nitrogens is 3. The first-order chi connectivity index (χ1) is 12.7. The van der Waals surface area contributed by atoms with Gasteiger partial charge in [-0.1, -0.05) is 0 Å². The molecule has 2 aromatic carbocycles. The lowest BCUT2D eigenvalue weighted by Gasteiger charge is -2.25. The van der Waals surface area contributed by atoms with Gasteiger partial charge in [0.15, 0.2) is 5.58 Å². The Morgan fingerprint density at radius 2 is 1.88 bits per heavy atom. The lowest BCUT2D eigenvalue weighted by atomic mass is 10.1. The quantitative estimate of drug-likeness (QED) is 0.552. The van der Waals surface area contributed by atoms with Gasteiger partial charge in [-0.25, -0.2) is 9.97 Å². The highest BCUT2D eigenvalue weighted by molar-refractivity contribution is 5.84. The Morgan fingerprint density at radius 3 is 2.73 bits per heavy atom. The van der Waals surface area contributed by atoms with E-state index in [2.05, 4.69) is 22.5 Å². The van der Waals surface area contributed by atoms with Crippen molar-refractivity contribution in [2.24, 2.45) is 0 Å². The van der Waals surface area contributed by atoms with Crippen LogP contribution in [-0.2, 0) is 4.74 Å². The van der Waals surface area contributed by atoms with Crippen molar-refractivity contribution in [3.05, 3.63) is 42.2 Å². The number of benzene rings is 2. The van der Waals surface area contributed by atoms with Gasteiger partial charge in [0.05, 0.1) is 11.0 Å². The molecule has 0 bridgehead atoms. The molecule has 0 atom stereocenters. The summed E-state index contributed by atoms with van der Waals surface area (Å²) in [4.78, 5) is 9.35. The van der Waals surface area contributed by atoms with E-state index in [0.29, 0.717) is 23.2 Å². The van der Waals surface area contributed by atoms with Crippen molar-refractivity contribution >= 4 is 27.8 Å². The lowest BCUT2D eigenvalue weighted by molar-refractivity contribution is 0.0701. The molecule has 6 heteroatoms. The molecule has 0 amide bonds. The third kappa shape index (κ3) is 2.45. The van der Waals surface area contributed by atoms with E-state index in [1.165, 1.54) is 0 Å². The van der Waals surface area contributed by atoms with Crippen LogP contribution < -0.4 is 5.73 Å². The Morgan fingerprint density at radius 1 is 1.04 bits per heavy atom. The molecule has 0 aliphatic carbocycles. The van der Waals surface area contributed by atoms with Crippen molar-refractivity contribution in [3.8, 4) is 11.5 Å². The Kier molecular flexibility index (Phi) is 3.46. The van der Waals surface area contributed by atoms with Gasteiger partial charge in [0.25, 0.3) is 0 Å². The molecular weight excluding hydrogens is 328 g/mol. The molecule has 2 N–H and O–H groups in total. The first kappa shape index (κ1) is 15.4. The van der Waals surface area contributed by atoms with Gasteiger partial charge in [-0.15, -0.1) is 0 Å². The van der Waals surface area contributed by atoms with Crippen molar-refractivity contribution in [1.29, 1.82) is 0 Å². The second-order valence-electron chi connectivity index (χ2n) is 6.82. The van der Waals surface area contributed by atoms with E-state index in [1.807, 2.05) is 24.3 Å². The van der Waals surface area contributed by atoms with Crippen LogP contribution in [0, 0.1) is 6.92 Å². The highest BCUT2D eigenvalue weighted by atomic mass is 16.5. The Bertz CT molecular complexity index is 1110. The first-order valence-corrected chi connectivity index (χ1v) is 8.92. The number of fused-ring (bicyclic) bond motifs is 2. The van der Waals surface area contributed by atoms with Gasteiger partial charge in [-0.2, -0.15) is 0 Å². The topological polar surface area (TPSA) is 79.1 Å². The third-order valence-corrected chi connectivity index (χ3v) is 5.08. The zero-order valence-electron chi connectivity index (χ0n) is 14.6. The van der Waals surface area contributed by atoms with E-state index in [9.17, 15) is 0 Å². The predicted molar refractivity (Wildman–Crippen MR) is 101 cm³/mol. The number of nitrogens with zero attached hydrogens (tertiary/aromatic N) is 3. The fraction of sp³-hybridized carbons (Fsp3) is 0.300.